The van der Waals surface area contributed by atoms with Crippen LogP contribution in [0.1, 0.15) is 16.7 Å². The predicted molar refractivity (Wildman–Crippen MR) is 104 cm³/mol. The van der Waals surface area contributed by atoms with Gasteiger partial charge < -0.3 is 4.74 Å². The fraction of sp³-hybridized carbons (Fsp3) is 0.0952. The van der Waals surface area contributed by atoms with Gasteiger partial charge in [-0.05, 0) is 35.4 Å². The quantitative estimate of drug-likeness (QED) is 0.739. The van der Waals surface area contributed by atoms with Gasteiger partial charge in [-0.1, -0.05) is 54.6 Å². The molecule has 0 aliphatic carbocycles. The van der Waals surface area contributed by atoms with Gasteiger partial charge in [0.2, 0.25) is 0 Å². The smallest absolute Gasteiger partial charge is 0.263 e. The number of rotatable bonds is 5. The summed E-state index contributed by atoms with van der Waals surface area (Å²) in [5.41, 5.74) is 2.61. The van der Waals surface area contributed by atoms with Gasteiger partial charge in [0.05, 0.1) is 11.4 Å². The van der Waals surface area contributed by atoms with Crippen molar-refractivity contribution in [1.82, 2.24) is 4.72 Å². The molecule has 0 bridgehead atoms. The number of aliphatic imine (C=N–C) groups is 1. The van der Waals surface area contributed by atoms with Crippen LogP contribution in [-0.4, -0.2) is 14.3 Å². The number of hydrogen-bond acceptors (Lipinski definition) is 4. The summed E-state index contributed by atoms with van der Waals surface area (Å²) < 4.78 is 32.7. The van der Waals surface area contributed by atoms with Gasteiger partial charge in [-0.2, -0.15) is 0 Å². The number of fused-ring (bicyclic) bond motifs is 1. The molecule has 3 aromatic carbocycles. The first kappa shape index (κ1) is 17.3. The Kier molecular flexibility index (Phi) is 4.64. The molecule has 1 heterocycles. The van der Waals surface area contributed by atoms with Crippen molar-refractivity contribution in [2.45, 2.75) is 18.0 Å². The highest BCUT2D eigenvalue weighted by Crippen LogP contribution is 2.23. The van der Waals surface area contributed by atoms with E-state index in [4.69, 9.17) is 4.74 Å². The molecule has 3 aromatic rings. The number of nitrogens with zero attached hydrogens (tertiary/aromatic N) is 1. The molecule has 0 fully saturated rings. The SMILES string of the molecule is O=S1(=O)NC(=NCc2ccccc2COc2ccccc2)c2ccccc21. The van der Waals surface area contributed by atoms with E-state index in [1.54, 1.807) is 24.3 Å². The van der Waals surface area contributed by atoms with Crippen LogP contribution in [0.3, 0.4) is 0 Å². The number of benzene rings is 3. The summed E-state index contributed by atoms with van der Waals surface area (Å²) in [6.45, 7) is 0.786. The van der Waals surface area contributed by atoms with Gasteiger partial charge >= 0.3 is 0 Å². The lowest BCUT2D eigenvalue weighted by Crippen LogP contribution is -2.22. The summed E-state index contributed by atoms with van der Waals surface area (Å²) in [6, 6.07) is 24.3. The molecular formula is C21H18N2O3S. The third kappa shape index (κ3) is 3.71. The van der Waals surface area contributed by atoms with Crippen LogP contribution in [0.15, 0.2) is 88.8 Å². The lowest BCUT2D eigenvalue weighted by molar-refractivity contribution is 0.305. The summed E-state index contributed by atoms with van der Waals surface area (Å²) in [5, 5.41) is 0. The number of hydrogen-bond donors (Lipinski definition) is 1. The van der Waals surface area contributed by atoms with Crippen LogP contribution in [0, 0.1) is 0 Å². The van der Waals surface area contributed by atoms with E-state index >= 15 is 0 Å². The molecule has 0 unspecified atom stereocenters. The van der Waals surface area contributed by atoms with E-state index in [2.05, 4.69) is 9.71 Å². The Morgan fingerprint density at radius 1 is 0.815 bits per heavy atom. The number of nitrogens with one attached hydrogen (secondary N) is 1. The first-order chi connectivity index (χ1) is 13.1. The predicted octanol–water partition coefficient (Wildman–Crippen LogP) is 3.50. The second kappa shape index (κ2) is 7.25. The Morgan fingerprint density at radius 3 is 2.30 bits per heavy atom. The lowest BCUT2D eigenvalue weighted by Gasteiger charge is -2.10. The van der Waals surface area contributed by atoms with Crippen LogP contribution >= 0.6 is 0 Å². The highest BCUT2D eigenvalue weighted by Gasteiger charge is 2.29. The maximum absolute atomic E-state index is 12.2. The molecule has 4 rings (SSSR count). The van der Waals surface area contributed by atoms with Crippen molar-refractivity contribution in [2.75, 3.05) is 0 Å². The second-order valence-corrected chi connectivity index (χ2v) is 7.79. The normalized spacial score (nSPS) is 15.9. The van der Waals surface area contributed by atoms with Crippen LogP contribution in [0.4, 0.5) is 0 Å². The monoisotopic (exact) mass is 378 g/mol. The van der Waals surface area contributed by atoms with Gasteiger partial charge in [0.15, 0.2) is 0 Å². The molecule has 0 amide bonds. The van der Waals surface area contributed by atoms with E-state index < -0.39 is 10.0 Å². The summed E-state index contributed by atoms with van der Waals surface area (Å²) in [7, 11) is -3.52. The van der Waals surface area contributed by atoms with E-state index in [0.717, 1.165) is 16.9 Å². The third-order valence-electron chi connectivity index (χ3n) is 4.33. The van der Waals surface area contributed by atoms with Crippen molar-refractivity contribution in [3.8, 4) is 5.75 Å². The Morgan fingerprint density at radius 2 is 1.48 bits per heavy atom. The molecule has 5 nitrogen and oxygen atoms in total. The second-order valence-electron chi connectivity index (χ2n) is 6.14. The number of amidine groups is 1. The first-order valence-electron chi connectivity index (χ1n) is 8.55. The number of para-hydroxylation sites is 1. The maximum Gasteiger partial charge on any atom is 0.263 e. The fourth-order valence-corrected chi connectivity index (χ4v) is 4.20. The topological polar surface area (TPSA) is 67.8 Å². The minimum atomic E-state index is -3.52. The molecular weight excluding hydrogens is 360 g/mol. The van der Waals surface area contributed by atoms with Gasteiger partial charge in [-0.15, -0.1) is 0 Å². The van der Waals surface area contributed by atoms with Crippen LogP contribution in [0.2, 0.25) is 0 Å². The van der Waals surface area contributed by atoms with Crippen molar-refractivity contribution >= 4 is 15.9 Å². The van der Waals surface area contributed by atoms with Crippen molar-refractivity contribution in [3.63, 3.8) is 0 Å². The molecule has 1 aliphatic heterocycles. The molecule has 136 valence electrons. The molecule has 0 radical (unpaired) electrons. The van der Waals surface area contributed by atoms with Crippen molar-refractivity contribution in [3.05, 3.63) is 95.6 Å². The van der Waals surface area contributed by atoms with Gasteiger partial charge in [-0.3, -0.25) is 9.71 Å². The van der Waals surface area contributed by atoms with E-state index in [1.807, 2.05) is 54.6 Å². The third-order valence-corrected chi connectivity index (χ3v) is 5.72. The molecule has 0 saturated carbocycles. The van der Waals surface area contributed by atoms with Gasteiger partial charge in [0.1, 0.15) is 18.2 Å². The Bertz CT molecular complexity index is 1090. The molecule has 0 saturated heterocycles. The average Bonchev–Trinajstić information content (AvgIpc) is 2.97. The zero-order chi connectivity index (χ0) is 18.7. The van der Waals surface area contributed by atoms with E-state index in [1.165, 1.54) is 0 Å². The standard InChI is InChI=1S/C21H18N2O3S/c24-27(25)20-13-7-6-12-19(20)21(23-27)22-14-16-8-4-5-9-17(16)15-26-18-10-2-1-3-11-18/h1-13H,14-15H2,(H,22,23). The van der Waals surface area contributed by atoms with Crippen LogP contribution in [0.25, 0.3) is 0 Å². The minimum Gasteiger partial charge on any atom is -0.489 e. The molecule has 0 atom stereocenters. The fourth-order valence-electron chi connectivity index (χ4n) is 2.95. The van der Waals surface area contributed by atoms with Gasteiger partial charge in [0.25, 0.3) is 10.0 Å². The van der Waals surface area contributed by atoms with E-state index in [9.17, 15) is 8.42 Å². The molecule has 1 aliphatic rings. The zero-order valence-corrected chi connectivity index (χ0v) is 15.3. The molecule has 27 heavy (non-hydrogen) atoms. The Labute approximate surface area is 158 Å². The van der Waals surface area contributed by atoms with Gasteiger partial charge in [0, 0.05) is 5.56 Å². The molecule has 0 aromatic heterocycles. The van der Waals surface area contributed by atoms with Crippen LogP contribution < -0.4 is 9.46 Å². The number of ether oxygens (including phenoxy) is 1. The Balaban J connectivity index is 1.55. The zero-order valence-electron chi connectivity index (χ0n) is 14.5. The van der Waals surface area contributed by atoms with Crippen molar-refractivity contribution in [2.24, 2.45) is 4.99 Å². The van der Waals surface area contributed by atoms with Crippen LogP contribution in [-0.2, 0) is 23.2 Å². The number of sulfonamides is 1. The highest BCUT2D eigenvalue weighted by atomic mass is 32.2. The average molecular weight is 378 g/mol. The minimum absolute atomic E-state index is 0.268. The van der Waals surface area contributed by atoms with Crippen LogP contribution in [0.5, 0.6) is 5.75 Å². The van der Waals surface area contributed by atoms with E-state index in [0.29, 0.717) is 24.6 Å². The van der Waals surface area contributed by atoms with E-state index in [-0.39, 0.29) is 4.90 Å². The highest BCUT2D eigenvalue weighted by molar-refractivity contribution is 7.90. The Hall–Kier alpha value is -3.12. The molecule has 1 N–H and O–H groups in total. The summed E-state index contributed by atoms with van der Waals surface area (Å²) >= 11 is 0. The first-order valence-corrected chi connectivity index (χ1v) is 10.0. The van der Waals surface area contributed by atoms with Crippen molar-refractivity contribution < 1.29 is 13.2 Å². The lowest BCUT2D eigenvalue weighted by atomic mass is 10.1. The largest absolute Gasteiger partial charge is 0.489 e. The van der Waals surface area contributed by atoms with Gasteiger partial charge in [-0.25, -0.2) is 8.42 Å². The molecule has 6 heteroatoms. The summed E-state index contributed by atoms with van der Waals surface area (Å²) in [4.78, 5) is 4.78. The summed E-state index contributed by atoms with van der Waals surface area (Å²) in [5.74, 6) is 1.18. The maximum atomic E-state index is 12.2. The summed E-state index contributed by atoms with van der Waals surface area (Å²) in [6.07, 6.45) is 0. The van der Waals surface area contributed by atoms with Crippen molar-refractivity contribution in [1.29, 1.82) is 0 Å². The molecule has 0 spiro atoms.